The number of unbranched alkanes of at least 4 members (excludes halogenated alkanes) is 19. The minimum atomic E-state index is -4.55. The first kappa shape index (κ1) is 51.3. The fourth-order valence-corrected chi connectivity index (χ4v) is 6.31. The lowest BCUT2D eigenvalue weighted by atomic mass is 10.0. The fraction of sp³-hybridized carbons (Fsp3) is 0.795. The number of allylic oxidation sites excluding steroid dienone is 7. The van der Waals surface area contributed by atoms with E-state index in [0.717, 1.165) is 32.1 Å². The summed E-state index contributed by atoms with van der Waals surface area (Å²) in [6, 6.07) is 0. The smallest absolute Gasteiger partial charge is 0.306 e. The van der Waals surface area contributed by atoms with E-state index in [1.165, 1.54) is 116 Å². The van der Waals surface area contributed by atoms with Crippen LogP contribution in [-0.4, -0.2) is 64.1 Å². The maximum atomic E-state index is 12.6. The average Bonchev–Trinajstić information content (AvgIpc) is 3.11. The van der Waals surface area contributed by atoms with E-state index in [0.29, 0.717) is 17.4 Å². The van der Waals surface area contributed by atoms with Crippen LogP contribution >= 0.6 is 7.82 Å². The number of carbonyl (C=O) groups is 1. The van der Waals surface area contributed by atoms with Crippen molar-refractivity contribution in [2.45, 2.75) is 180 Å². The molecule has 0 saturated carbocycles. The van der Waals surface area contributed by atoms with Crippen LogP contribution in [0.1, 0.15) is 174 Å². The van der Waals surface area contributed by atoms with E-state index in [2.05, 4.69) is 50.3 Å². The highest BCUT2D eigenvalue weighted by Gasteiger charge is 2.20. The van der Waals surface area contributed by atoms with Crippen molar-refractivity contribution in [2.75, 3.05) is 47.5 Å². The lowest BCUT2D eigenvalue weighted by molar-refractivity contribution is -0.870. The van der Waals surface area contributed by atoms with Crippen molar-refractivity contribution in [2.24, 2.45) is 0 Å². The lowest BCUT2D eigenvalue weighted by Gasteiger charge is -2.28. The summed E-state index contributed by atoms with van der Waals surface area (Å²) in [6.45, 7) is 4.66. The van der Waals surface area contributed by atoms with Gasteiger partial charge in [0.15, 0.2) is 6.10 Å². The molecule has 0 rings (SSSR count). The minimum absolute atomic E-state index is 0.0000375. The van der Waals surface area contributed by atoms with E-state index in [-0.39, 0.29) is 26.2 Å². The molecular weight excluding hydrogens is 685 g/mol. The number of quaternary nitrogens is 1. The van der Waals surface area contributed by atoms with Crippen molar-refractivity contribution in [3.8, 4) is 0 Å². The van der Waals surface area contributed by atoms with Crippen LogP contribution in [0.25, 0.3) is 0 Å². The molecule has 0 aliphatic rings. The van der Waals surface area contributed by atoms with Crippen LogP contribution in [0.4, 0.5) is 0 Å². The summed E-state index contributed by atoms with van der Waals surface area (Å²) in [7, 11) is 1.29. The third-order valence-electron chi connectivity index (χ3n) is 8.95. The first-order valence-corrected chi connectivity index (χ1v) is 22.9. The number of hydrogen-bond donors (Lipinski definition) is 0. The Morgan fingerprint density at radius 3 is 1.57 bits per heavy atom. The summed E-state index contributed by atoms with van der Waals surface area (Å²) >= 11 is 0. The molecule has 0 spiro atoms. The van der Waals surface area contributed by atoms with Gasteiger partial charge in [0.05, 0.1) is 34.0 Å². The Labute approximate surface area is 327 Å². The molecular formula is C44H82NO7P. The Morgan fingerprint density at radius 1 is 0.604 bits per heavy atom. The second kappa shape index (κ2) is 37.2. The quantitative estimate of drug-likeness (QED) is 0.0153. The summed E-state index contributed by atoms with van der Waals surface area (Å²) in [5.74, 6) is -0.407. The predicted molar refractivity (Wildman–Crippen MR) is 222 cm³/mol. The van der Waals surface area contributed by atoms with E-state index < -0.39 is 19.9 Å². The van der Waals surface area contributed by atoms with Gasteiger partial charge in [0.1, 0.15) is 19.8 Å². The number of hydrogen-bond acceptors (Lipinski definition) is 7. The number of ether oxygens (including phenoxy) is 2. The lowest BCUT2D eigenvalue weighted by Crippen LogP contribution is -2.37. The maximum absolute atomic E-state index is 12.6. The van der Waals surface area contributed by atoms with Crippen molar-refractivity contribution < 1.29 is 37.3 Å². The Bertz CT molecular complexity index is 989. The van der Waals surface area contributed by atoms with Crippen molar-refractivity contribution in [1.82, 2.24) is 0 Å². The third-order valence-corrected chi connectivity index (χ3v) is 9.91. The van der Waals surface area contributed by atoms with Gasteiger partial charge in [-0.3, -0.25) is 9.36 Å². The molecule has 0 aromatic carbocycles. The highest BCUT2D eigenvalue weighted by atomic mass is 31.2. The van der Waals surface area contributed by atoms with Gasteiger partial charge in [-0.15, -0.1) is 0 Å². The Kier molecular flexibility index (Phi) is 36.0. The van der Waals surface area contributed by atoms with Gasteiger partial charge in [0.25, 0.3) is 7.82 Å². The molecule has 9 heteroatoms. The van der Waals surface area contributed by atoms with Crippen LogP contribution in [0, 0.1) is 0 Å². The highest BCUT2D eigenvalue weighted by Crippen LogP contribution is 2.38. The molecule has 0 aliphatic carbocycles. The summed E-state index contributed by atoms with van der Waals surface area (Å²) in [4.78, 5) is 25.0. The molecule has 0 aromatic heterocycles. The van der Waals surface area contributed by atoms with E-state index >= 15 is 0 Å². The molecule has 0 amide bonds. The Balaban J connectivity index is 4.40. The van der Waals surface area contributed by atoms with E-state index in [1.807, 2.05) is 27.2 Å². The number of nitrogens with zero attached hydrogens (tertiary/aromatic N) is 1. The molecule has 0 aromatic rings. The van der Waals surface area contributed by atoms with Gasteiger partial charge in [0.2, 0.25) is 0 Å². The van der Waals surface area contributed by atoms with E-state index in [1.54, 1.807) is 6.26 Å². The molecule has 0 bridgehead atoms. The van der Waals surface area contributed by atoms with Gasteiger partial charge in [-0.1, -0.05) is 153 Å². The van der Waals surface area contributed by atoms with E-state index in [9.17, 15) is 14.3 Å². The molecule has 8 nitrogen and oxygen atoms in total. The molecule has 0 aliphatic heterocycles. The summed E-state index contributed by atoms with van der Waals surface area (Å²) in [5, 5.41) is 0. The molecule has 0 radical (unpaired) electrons. The fourth-order valence-electron chi connectivity index (χ4n) is 5.59. The van der Waals surface area contributed by atoms with Gasteiger partial charge in [-0.25, -0.2) is 0 Å². The number of rotatable bonds is 39. The molecule has 0 heterocycles. The first-order valence-electron chi connectivity index (χ1n) is 21.4. The van der Waals surface area contributed by atoms with Crippen LogP contribution in [0.3, 0.4) is 0 Å². The average molecular weight is 768 g/mol. The number of esters is 1. The van der Waals surface area contributed by atoms with Crippen molar-refractivity contribution in [3.05, 3.63) is 48.8 Å². The zero-order valence-electron chi connectivity index (χ0n) is 35.0. The highest BCUT2D eigenvalue weighted by molar-refractivity contribution is 7.45. The molecule has 2 atom stereocenters. The SMILES string of the molecule is CCCCCCCC/C=C\C/C=C\C/C=C\CCCC(=O)O[C@H](CO/C=C\CCCCCCCCCCCCCC)COP(=O)([O-])OCC[N+](C)(C)C. The van der Waals surface area contributed by atoms with Gasteiger partial charge in [-0.2, -0.15) is 0 Å². The van der Waals surface area contributed by atoms with Crippen molar-refractivity contribution in [1.29, 1.82) is 0 Å². The summed E-state index contributed by atoms with van der Waals surface area (Å²) in [5.41, 5.74) is 0. The van der Waals surface area contributed by atoms with Gasteiger partial charge in [-0.05, 0) is 57.4 Å². The molecule has 53 heavy (non-hydrogen) atoms. The standard InChI is InChI=1S/C44H82NO7P/c1-6-8-10-12-14-16-18-20-22-23-24-25-27-29-31-33-35-37-44(46)52-43(42-51-53(47,48)50-40-38-45(3,4)5)41-49-39-36-34-32-30-28-26-21-19-17-15-13-11-9-7-2/h20,22,24-25,29,31,36,39,43H,6-19,21,23,26-28,30,32-35,37-38,40-42H2,1-5H3/b22-20-,25-24-,31-29-,39-36-/t43-/m1/s1. The largest absolute Gasteiger partial charge is 0.756 e. The third kappa shape index (κ3) is 41.3. The number of phosphoric ester groups is 1. The maximum Gasteiger partial charge on any atom is 0.306 e. The van der Waals surface area contributed by atoms with Crippen molar-refractivity contribution in [3.63, 3.8) is 0 Å². The summed E-state index contributed by atoms with van der Waals surface area (Å²) < 4.78 is 34.2. The minimum Gasteiger partial charge on any atom is -0.756 e. The Morgan fingerprint density at radius 2 is 1.06 bits per heavy atom. The number of carbonyl (C=O) groups excluding carboxylic acids is 1. The van der Waals surface area contributed by atoms with Gasteiger partial charge >= 0.3 is 5.97 Å². The van der Waals surface area contributed by atoms with Crippen LogP contribution in [0.2, 0.25) is 0 Å². The first-order chi connectivity index (χ1) is 25.6. The molecule has 0 N–H and O–H groups in total. The zero-order valence-corrected chi connectivity index (χ0v) is 35.8. The molecule has 310 valence electrons. The van der Waals surface area contributed by atoms with E-state index in [4.69, 9.17) is 18.5 Å². The van der Waals surface area contributed by atoms with Crippen LogP contribution < -0.4 is 4.89 Å². The Hall–Kier alpha value is -1.70. The topological polar surface area (TPSA) is 94.1 Å². The van der Waals surface area contributed by atoms with Crippen LogP contribution in [0.15, 0.2) is 48.8 Å². The van der Waals surface area contributed by atoms with Crippen LogP contribution in [0.5, 0.6) is 0 Å². The molecule has 1 unspecified atom stereocenters. The van der Waals surface area contributed by atoms with Crippen molar-refractivity contribution >= 4 is 13.8 Å². The molecule has 0 fully saturated rings. The molecule has 0 saturated heterocycles. The van der Waals surface area contributed by atoms with Crippen LogP contribution in [-0.2, 0) is 27.9 Å². The second-order valence-corrected chi connectivity index (χ2v) is 16.8. The second-order valence-electron chi connectivity index (χ2n) is 15.4. The number of phosphoric acid groups is 1. The predicted octanol–water partition coefficient (Wildman–Crippen LogP) is 12.1. The monoisotopic (exact) mass is 768 g/mol. The van der Waals surface area contributed by atoms with Gasteiger partial charge in [0, 0.05) is 6.42 Å². The summed E-state index contributed by atoms with van der Waals surface area (Å²) in [6.07, 6.45) is 45.1. The zero-order chi connectivity index (χ0) is 39.1. The number of likely N-dealkylation sites (N-methyl/N-ethyl adjacent to an activating group) is 1. The normalized spacial score (nSPS) is 14.2. The van der Waals surface area contributed by atoms with Gasteiger partial charge < -0.3 is 27.9 Å².